The Hall–Kier alpha value is -1.77. The molecule has 6 nitrogen and oxygen atoms in total. The van der Waals surface area contributed by atoms with Crippen molar-refractivity contribution in [1.29, 1.82) is 0 Å². The van der Waals surface area contributed by atoms with E-state index in [1.54, 1.807) is 6.92 Å². The average Bonchev–Trinajstić information content (AvgIpc) is 2.45. The number of nitrogens with one attached hydrogen (secondary N) is 1. The minimum Gasteiger partial charge on any atom is -0.462 e. The van der Waals surface area contributed by atoms with Gasteiger partial charge in [0, 0.05) is 12.6 Å². The molecule has 0 atom stereocenters. The lowest BCUT2D eigenvalue weighted by atomic mass is 10.2. The number of halogens is 2. The van der Waals surface area contributed by atoms with Crippen molar-refractivity contribution in [2.45, 2.75) is 26.3 Å². The Morgan fingerprint density at radius 1 is 1.48 bits per heavy atom. The Labute approximate surface area is 125 Å². The number of esters is 1. The van der Waals surface area contributed by atoms with Crippen LogP contribution in [0.5, 0.6) is 0 Å². The molecule has 0 bridgehead atoms. The predicted octanol–water partition coefficient (Wildman–Crippen LogP) is 1.53. The van der Waals surface area contributed by atoms with Crippen LogP contribution in [0.15, 0.2) is 6.20 Å². The number of thiol groups is 1. The Morgan fingerprint density at radius 2 is 2.19 bits per heavy atom. The number of rotatable bonds is 7. The molecule has 1 N–H and O–H groups in total. The minimum atomic E-state index is -2.95. The lowest BCUT2D eigenvalue weighted by molar-refractivity contribution is -0.120. The van der Waals surface area contributed by atoms with Gasteiger partial charge in [0.05, 0.1) is 13.2 Å². The summed E-state index contributed by atoms with van der Waals surface area (Å²) in [4.78, 5) is 30.2. The summed E-state index contributed by atoms with van der Waals surface area (Å²) in [5.74, 6) is -0.831. The number of alkyl halides is 2. The Balaban J connectivity index is 2.88. The second-order valence-corrected chi connectivity index (χ2v) is 4.30. The molecule has 0 aliphatic heterocycles. The number of hydrogen-bond donors (Lipinski definition) is 2. The summed E-state index contributed by atoms with van der Waals surface area (Å²) < 4.78 is 30.5. The van der Waals surface area contributed by atoms with E-state index in [-0.39, 0.29) is 36.9 Å². The first-order valence-corrected chi connectivity index (χ1v) is 6.81. The molecule has 1 aromatic rings. The maximum atomic E-state index is 12.9. The average molecular weight is 319 g/mol. The van der Waals surface area contributed by atoms with Gasteiger partial charge >= 0.3 is 5.97 Å². The van der Waals surface area contributed by atoms with Gasteiger partial charge in [0.15, 0.2) is 0 Å². The van der Waals surface area contributed by atoms with Gasteiger partial charge in [-0.25, -0.2) is 23.5 Å². The van der Waals surface area contributed by atoms with Crippen LogP contribution in [0.3, 0.4) is 0 Å². The number of ether oxygens (including phenoxy) is 1. The molecule has 9 heteroatoms. The molecule has 0 unspecified atom stereocenters. The fraction of sp³-hybridized carbons (Fsp3) is 0.500. The fourth-order valence-corrected chi connectivity index (χ4v) is 1.62. The van der Waals surface area contributed by atoms with Crippen molar-refractivity contribution in [3.63, 3.8) is 0 Å². The molecule has 0 radical (unpaired) electrons. The van der Waals surface area contributed by atoms with Crippen LogP contribution in [0.1, 0.15) is 41.6 Å². The third-order valence-corrected chi connectivity index (χ3v) is 2.58. The molecule has 1 aromatic heterocycles. The van der Waals surface area contributed by atoms with Crippen LogP contribution in [0, 0.1) is 0 Å². The summed E-state index contributed by atoms with van der Waals surface area (Å²) in [6.45, 7) is 1.52. The van der Waals surface area contributed by atoms with Gasteiger partial charge in [0.2, 0.25) is 5.91 Å². The van der Waals surface area contributed by atoms with Crippen molar-refractivity contribution in [1.82, 2.24) is 15.3 Å². The van der Waals surface area contributed by atoms with Crippen LogP contribution < -0.4 is 5.32 Å². The van der Waals surface area contributed by atoms with Crippen LogP contribution >= 0.6 is 12.6 Å². The molecule has 0 saturated heterocycles. The largest absolute Gasteiger partial charge is 0.462 e. The highest BCUT2D eigenvalue weighted by atomic mass is 32.1. The van der Waals surface area contributed by atoms with E-state index in [4.69, 9.17) is 0 Å². The molecule has 1 amide bonds. The number of aromatic nitrogens is 2. The maximum absolute atomic E-state index is 12.9. The zero-order chi connectivity index (χ0) is 15.8. The van der Waals surface area contributed by atoms with E-state index >= 15 is 0 Å². The quantitative estimate of drug-likeness (QED) is 0.588. The molecule has 0 aromatic carbocycles. The monoisotopic (exact) mass is 319 g/mol. The van der Waals surface area contributed by atoms with Gasteiger partial charge in [-0.15, -0.1) is 0 Å². The summed E-state index contributed by atoms with van der Waals surface area (Å²) in [7, 11) is 0. The van der Waals surface area contributed by atoms with E-state index in [2.05, 4.69) is 32.7 Å². The summed E-state index contributed by atoms with van der Waals surface area (Å²) in [6, 6.07) is 0. The molecule has 0 saturated carbocycles. The molecular weight excluding hydrogens is 304 g/mol. The van der Waals surface area contributed by atoms with Crippen molar-refractivity contribution < 1.29 is 23.1 Å². The minimum absolute atomic E-state index is 0.00846. The van der Waals surface area contributed by atoms with Crippen LogP contribution in [0.25, 0.3) is 0 Å². The summed E-state index contributed by atoms with van der Waals surface area (Å²) in [5, 5.41) is 2.47. The topological polar surface area (TPSA) is 81.2 Å². The summed E-state index contributed by atoms with van der Waals surface area (Å²) >= 11 is 3.90. The SMILES string of the molecule is CCOC(=O)c1cnc(CNC(=O)CCS)nc1C(F)F. The lowest BCUT2D eigenvalue weighted by Gasteiger charge is -2.09. The van der Waals surface area contributed by atoms with Crippen molar-refractivity contribution in [2.24, 2.45) is 0 Å². The van der Waals surface area contributed by atoms with E-state index in [1.165, 1.54) is 0 Å². The molecule has 0 aliphatic carbocycles. The molecule has 0 aliphatic rings. The zero-order valence-corrected chi connectivity index (χ0v) is 12.2. The molecule has 21 heavy (non-hydrogen) atoms. The number of carbonyl (C=O) groups is 2. The normalized spacial score (nSPS) is 10.5. The van der Waals surface area contributed by atoms with Crippen LogP contribution in [0.2, 0.25) is 0 Å². The van der Waals surface area contributed by atoms with Crippen molar-refractivity contribution in [3.05, 3.63) is 23.3 Å². The highest BCUT2D eigenvalue weighted by Gasteiger charge is 2.22. The van der Waals surface area contributed by atoms with E-state index in [1.807, 2.05) is 0 Å². The number of nitrogens with zero attached hydrogens (tertiary/aromatic N) is 2. The fourth-order valence-electron chi connectivity index (χ4n) is 1.42. The van der Waals surface area contributed by atoms with Gasteiger partial charge in [-0.2, -0.15) is 12.6 Å². The van der Waals surface area contributed by atoms with E-state index in [9.17, 15) is 18.4 Å². The van der Waals surface area contributed by atoms with Crippen LogP contribution in [-0.2, 0) is 16.1 Å². The number of carbonyl (C=O) groups excluding carboxylic acids is 2. The van der Waals surface area contributed by atoms with Crippen LogP contribution in [-0.4, -0.2) is 34.2 Å². The molecule has 0 spiro atoms. The molecule has 1 heterocycles. The molecular formula is C12H15F2N3O3S. The maximum Gasteiger partial charge on any atom is 0.341 e. The Bertz CT molecular complexity index is 515. The standard InChI is InChI=1S/C12H15F2N3O3S/c1-2-20-12(19)7-5-15-8(17-10(7)11(13)14)6-16-9(18)3-4-21/h5,11,21H,2-4,6H2,1H3,(H,16,18). The zero-order valence-electron chi connectivity index (χ0n) is 11.3. The third kappa shape index (κ3) is 5.25. The van der Waals surface area contributed by atoms with Crippen molar-refractivity contribution in [2.75, 3.05) is 12.4 Å². The second-order valence-electron chi connectivity index (χ2n) is 3.86. The summed E-state index contributed by atoms with van der Waals surface area (Å²) in [6.07, 6.45) is -1.77. The first-order valence-electron chi connectivity index (χ1n) is 6.18. The van der Waals surface area contributed by atoms with Crippen LogP contribution in [0.4, 0.5) is 8.78 Å². The van der Waals surface area contributed by atoms with E-state index in [0.717, 1.165) is 6.20 Å². The first-order chi connectivity index (χ1) is 9.99. The van der Waals surface area contributed by atoms with E-state index in [0.29, 0.717) is 5.75 Å². The Kier molecular flexibility index (Phi) is 7.00. The van der Waals surface area contributed by atoms with Gasteiger partial charge in [-0.3, -0.25) is 4.79 Å². The van der Waals surface area contributed by atoms with Gasteiger partial charge in [0.25, 0.3) is 6.43 Å². The Morgan fingerprint density at radius 3 is 2.76 bits per heavy atom. The molecule has 1 rings (SSSR count). The smallest absolute Gasteiger partial charge is 0.341 e. The van der Waals surface area contributed by atoms with Crippen molar-refractivity contribution in [3.8, 4) is 0 Å². The lowest BCUT2D eigenvalue weighted by Crippen LogP contribution is -2.24. The van der Waals surface area contributed by atoms with E-state index < -0.39 is 18.1 Å². The molecule has 116 valence electrons. The highest BCUT2D eigenvalue weighted by Crippen LogP contribution is 2.21. The summed E-state index contributed by atoms with van der Waals surface area (Å²) in [5.41, 5.74) is -1.08. The second kappa shape index (κ2) is 8.50. The molecule has 0 fully saturated rings. The number of hydrogen-bond acceptors (Lipinski definition) is 6. The first kappa shape index (κ1) is 17.3. The van der Waals surface area contributed by atoms with Gasteiger partial charge in [0.1, 0.15) is 17.1 Å². The number of amides is 1. The van der Waals surface area contributed by atoms with Gasteiger partial charge in [-0.1, -0.05) is 0 Å². The predicted molar refractivity (Wildman–Crippen MR) is 73.3 cm³/mol. The van der Waals surface area contributed by atoms with Crippen molar-refractivity contribution >= 4 is 24.5 Å². The van der Waals surface area contributed by atoms with Gasteiger partial charge in [-0.05, 0) is 12.7 Å². The van der Waals surface area contributed by atoms with Gasteiger partial charge < -0.3 is 10.1 Å². The third-order valence-electron chi connectivity index (χ3n) is 2.35. The highest BCUT2D eigenvalue weighted by molar-refractivity contribution is 7.80.